The number of anilines is 1. The average Bonchev–Trinajstić information content (AvgIpc) is 3.26. The van der Waals surface area contributed by atoms with Crippen molar-refractivity contribution in [2.24, 2.45) is 11.1 Å². The maximum absolute atomic E-state index is 12.8. The van der Waals surface area contributed by atoms with E-state index in [2.05, 4.69) is 15.6 Å². The number of aromatic nitrogens is 3. The summed E-state index contributed by atoms with van der Waals surface area (Å²) in [5.74, 6) is 0.862. The number of amides is 2. The summed E-state index contributed by atoms with van der Waals surface area (Å²) in [5, 5.41) is 11.4. The Bertz CT molecular complexity index is 1440. The van der Waals surface area contributed by atoms with Crippen molar-refractivity contribution in [3.05, 3.63) is 52.9 Å². The highest BCUT2D eigenvalue weighted by atomic mass is 16.6. The molecule has 1 spiro atoms. The Morgan fingerprint density at radius 1 is 1.18 bits per heavy atom. The molecule has 2 aliphatic rings. The Morgan fingerprint density at radius 2 is 1.88 bits per heavy atom. The second-order valence-corrected chi connectivity index (χ2v) is 12.4. The molecule has 2 aliphatic carbocycles. The van der Waals surface area contributed by atoms with Gasteiger partial charge in [0, 0.05) is 30.0 Å². The fraction of sp³-hybridized carbons (Fsp3) is 0.500. The normalized spacial score (nSPS) is 17.5. The Kier molecular flexibility index (Phi) is 7.06. The van der Waals surface area contributed by atoms with E-state index < -0.39 is 17.6 Å². The maximum Gasteiger partial charge on any atom is 0.413 e. The summed E-state index contributed by atoms with van der Waals surface area (Å²) >= 11 is 0. The number of carbonyl (C=O) groups is 3. The standard InChI is InChI=1S/C30H37N5O5/c1-17(2)35-27(32-28(38)39-29(3,4)5)24(26(31)37)25(33-35)19-9-7-18(8-10-19)13-21(36)14-20-15-23(40-34-20)22-16-30(22)11-6-12-30/h7-10,15,17,22H,6,11-14,16H2,1-5H3,(H2,31,37)(H,32,38). The van der Waals surface area contributed by atoms with Crippen LogP contribution in [-0.2, 0) is 22.4 Å². The number of nitrogens with zero attached hydrogens (tertiary/aromatic N) is 3. The van der Waals surface area contributed by atoms with Gasteiger partial charge in [-0.15, -0.1) is 0 Å². The van der Waals surface area contributed by atoms with Crippen LogP contribution in [0.15, 0.2) is 34.9 Å². The summed E-state index contributed by atoms with van der Waals surface area (Å²) in [6, 6.07) is 9.00. The fourth-order valence-electron chi connectivity index (χ4n) is 5.55. The summed E-state index contributed by atoms with van der Waals surface area (Å²) in [5.41, 5.74) is 8.03. The molecule has 2 amide bonds. The number of ketones is 1. The predicted molar refractivity (Wildman–Crippen MR) is 149 cm³/mol. The van der Waals surface area contributed by atoms with Crippen LogP contribution in [0, 0.1) is 5.41 Å². The molecule has 2 fully saturated rings. The van der Waals surface area contributed by atoms with Gasteiger partial charge in [0.15, 0.2) is 0 Å². The third-order valence-corrected chi connectivity index (χ3v) is 7.73. The number of Topliss-reactive ketones (excluding diaryl/α,β-unsaturated/α-hetero) is 1. The number of rotatable bonds is 9. The van der Waals surface area contributed by atoms with E-state index in [0.29, 0.717) is 28.3 Å². The fourth-order valence-corrected chi connectivity index (χ4v) is 5.55. The molecule has 1 aromatic carbocycles. The van der Waals surface area contributed by atoms with Crippen LogP contribution in [0.25, 0.3) is 11.3 Å². The van der Waals surface area contributed by atoms with E-state index in [0.717, 1.165) is 11.3 Å². The third-order valence-electron chi connectivity index (χ3n) is 7.73. The molecule has 40 heavy (non-hydrogen) atoms. The summed E-state index contributed by atoms with van der Waals surface area (Å²) < 4.78 is 12.5. The van der Waals surface area contributed by atoms with Crippen LogP contribution in [0.1, 0.15) is 99.6 Å². The number of ether oxygens (including phenoxy) is 1. The van der Waals surface area contributed by atoms with Gasteiger partial charge >= 0.3 is 6.09 Å². The highest BCUT2D eigenvalue weighted by molar-refractivity contribution is 6.06. The molecular weight excluding hydrogens is 510 g/mol. The average molecular weight is 548 g/mol. The van der Waals surface area contributed by atoms with Crippen molar-refractivity contribution in [3.63, 3.8) is 0 Å². The molecule has 0 bridgehead atoms. The lowest BCUT2D eigenvalue weighted by Gasteiger charge is -2.25. The Balaban J connectivity index is 1.29. The van der Waals surface area contributed by atoms with E-state index in [1.54, 1.807) is 32.9 Å². The quantitative estimate of drug-likeness (QED) is 0.356. The Labute approximate surface area is 233 Å². The second kappa shape index (κ2) is 10.2. The van der Waals surface area contributed by atoms with Crippen molar-refractivity contribution in [2.75, 3.05) is 5.32 Å². The molecule has 3 N–H and O–H groups in total. The maximum atomic E-state index is 12.8. The molecule has 1 unspecified atom stereocenters. The van der Waals surface area contributed by atoms with Gasteiger partial charge in [-0.3, -0.25) is 14.9 Å². The molecule has 1 atom stereocenters. The number of hydrogen-bond acceptors (Lipinski definition) is 7. The zero-order valence-electron chi connectivity index (χ0n) is 23.7. The Hall–Kier alpha value is -3.95. The van der Waals surface area contributed by atoms with Crippen LogP contribution in [0.3, 0.4) is 0 Å². The van der Waals surface area contributed by atoms with E-state index in [-0.39, 0.29) is 36.0 Å². The lowest BCUT2D eigenvalue weighted by molar-refractivity contribution is -0.117. The first-order chi connectivity index (χ1) is 18.8. The molecular formula is C30H37N5O5. The van der Waals surface area contributed by atoms with Gasteiger partial charge in [-0.2, -0.15) is 5.10 Å². The van der Waals surface area contributed by atoms with Crippen LogP contribution < -0.4 is 11.1 Å². The van der Waals surface area contributed by atoms with Crippen LogP contribution in [0.5, 0.6) is 0 Å². The Morgan fingerprint density at radius 3 is 2.42 bits per heavy atom. The van der Waals surface area contributed by atoms with Crippen molar-refractivity contribution in [2.45, 2.75) is 90.7 Å². The monoisotopic (exact) mass is 547 g/mol. The summed E-state index contributed by atoms with van der Waals surface area (Å²) in [7, 11) is 0. The lowest BCUT2D eigenvalue weighted by Crippen LogP contribution is -2.29. The predicted octanol–water partition coefficient (Wildman–Crippen LogP) is 5.58. The van der Waals surface area contributed by atoms with Gasteiger partial charge in [-0.25, -0.2) is 9.48 Å². The van der Waals surface area contributed by atoms with Gasteiger partial charge in [-0.05, 0) is 64.9 Å². The second-order valence-electron chi connectivity index (χ2n) is 12.4. The molecule has 0 aliphatic heterocycles. The molecule has 3 aromatic rings. The van der Waals surface area contributed by atoms with Gasteiger partial charge in [-0.1, -0.05) is 35.8 Å². The summed E-state index contributed by atoms with van der Waals surface area (Å²) in [6.45, 7) is 9.01. The summed E-state index contributed by atoms with van der Waals surface area (Å²) in [4.78, 5) is 37.8. The molecule has 0 saturated heterocycles. The molecule has 10 heteroatoms. The zero-order valence-corrected chi connectivity index (χ0v) is 23.7. The molecule has 5 rings (SSSR count). The zero-order chi connectivity index (χ0) is 28.8. The minimum absolute atomic E-state index is 0.0347. The molecule has 2 saturated carbocycles. The number of nitrogens with one attached hydrogen (secondary N) is 1. The van der Waals surface area contributed by atoms with Gasteiger partial charge in [0.1, 0.15) is 34.2 Å². The number of primary amides is 1. The van der Waals surface area contributed by atoms with Crippen molar-refractivity contribution >= 4 is 23.6 Å². The summed E-state index contributed by atoms with van der Waals surface area (Å²) in [6.07, 6.45) is 4.75. The molecule has 0 radical (unpaired) electrons. The number of carbonyl (C=O) groups excluding carboxylic acids is 3. The van der Waals surface area contributed by atoms with E-state index in [1.807, 2.05) is 32.0 Å². The van der Waals surface area contributed by atoms with E-state index in [4.69, 9.17) is 15.0 Å². The van der Waals surface area contributed by atoms with Gasteiger partial charge < -0.3 is 15.0 Å². The minimum atomic E-state index is -0.728. The first kappa shape index (κ1) is 27.6. The highest BCUT2D eigenvalue weighted by Gasteiger charge is 2.59. The van der Waals surface area contributed by atoms with Gasteiger partial charge in [0.25, 0.3) is 5.91 Å². The molecule has 2 heterocycles. The van der Waals surface area contributed by atoms with Crippen molar-refractivity contribution in [1.82, 2.24) is 14.9 Å². The van der Waals surface area contributed by atoms with Crippen LogP contribution >= 0.6 is 0 Å². The number of benzene rings is 1. The number of hydrogen-bond donors (Lipinski definition) is 2. The lowest BCUT2D eigenvalue weighted by atomic mass is 9.79. The van der Waals surface area contributed by atoms with E-state index in [9.17, 15) is 14.4 Å². The van der Waals surface area contributed by atoms with Crippen molar-refractivity contribution in [1.29, 1.82) is 0 Å². The van der Waals surface area contributed by atoms with E-state index >= 15 is 0 Å². The topological polar surface area (TPSA) is 142 Å². The van der Waals surface area contributed by atoms with Crippen LogP contribution in [0.4, 0.5) is 10.6 Å². The molecule has 2 aromatic heterocycles. The van der Waals surface area contributed by atoms with E-state index in [1.165, 1.54) is 30.4 Å². The van der Waals surface area contributed by atoms with Crippen LogP contribution in [-0.4, -0.2) is 38.3 Å². The molecule has 10 nitrogen and oxygen atoms in total. The third kappa shape index (κ3) is 5.66. The van der Waals surface area contributed by atoms with Crippen LogP contribution in [0.2, 0.25) is 0 Å². The first-order valence-electron chi connectivity index (χ1n) is 13.8. The highest BCUT2D eigenvalue weighted by Crippen LogP contribution is 2.70. The van der Waals surface area contributed by atoms with Gasteiger partial charge in [0.2, 0.25) is 0 Å². The minimum Gasteiger partial charge on any atom is -0.444 e. The first-order valence-corrected chi connectivity index (χ1v) is 13.8. The van der Waals surface area contributed by atoms with Crippen molar-refractivity contribution < 1.29 is 23.6 Å². The molecule has 212 valence electrons. The van der Waals surface area contributed by atoms with Crippen molar-refractivity contribution in [3.8, 4) is 11.3 Å². The smallest absolute Gasteiger partial charge is 0.413 e. The SMILES string of the molecule is CC(C)n1nc(-c2ccc(CC(=O)Cc3cc(C4CC45CCC5)on3)cc2)c(C(N)=O)c1NC(=O)OC(C)(C)C. The van der Waals surface area contributed by atoms with Gasteiger partial charge in [0.05, 0.1) is 12.1 Å². The number of nitrogens with two attached hydrogens (primary N) is 1. The largest absolute Gasteiger partial charge is 0.444 e.